The molecule has 1 fully saturated rings. The number of aryl methyl sites for hydroxylation is 1. The van der Waals surface area contributed by atoms with Crippen molar-refractivity contribution in [2.24, 2.45) is 5.92 Å². The summed E-state index contributed by atoms with van der Waals surface area (Å²) in [6.45, 7) is 0.662. The van der Waals surface area contributed by atoms with Gasteiger partial charge in [0.2, 0.25) is 5.88 Å². The summed E-state index contributed by atoms with van der Waals surface area (Å²) in [5, 5.41) is 21.9. The highest BCUT2D eigenvalue weighted by Gasteiger charge is 2.53. The molecule has 2 aromatic carbocycles. The number of hydrogen-bond acceptors (Lipinski definition) is 4. The quantitative estimate of drug-likeness (QED) is 0.280. The first-order valence-electron chi connectivity index (χ1n) is 14.0. The van der Waals surface area contributed by atoms with Crippen LogP contribution in [0, 0.1) is 5.92 Å². The number of nitrogens with zero attached hydrogens (tertiary/aromatic N) is 1. The van der Waals surface area contributed by atoms with E-state index in [4.69, 9.17) is 16.3 Å². The molecular formula is C31H36ClN3O3. The number of benzene rings is 2. The van der Waals surface area contributed by atoms with Crippen LogP contribution in [0.5, 0.6) is 5.88 Å². The van der Waals surface area contributed by atoms with Crippen molar-refractivity contribution in [1.82, 2.24) is 10.2 Å². The molecule has 200 valence electrons. The smallest absolute Gasteiger partial charge is 0.329 e. The second kappa shape index (κ2) is 10.3. The van der Waals surface area contributed by atoms with Crippen molar-refractivity contribution >= 4 is 23.3 Å². The van der Waals surface area contributed by atoms with Gasteiger partial charge >= 0.3 is 5.97 Å². The lowest BCUT2D eigenvalue weighted by Gasteiger charge is -2.47. The lowest BCUT2D eigenvalue weighted by Crippen LogP contribution is -2.53. The van der Waals surface area contributed by atoms with Gasteiger partial charge in [0, 0.05) is 22.0 Å². The van der Waals surface area contributed by atoms with Crippen LogP contribution in [0.1, 0.15) is 73.8 Å². The van der Waals surface area contributed by atoms with Crippen molar-refractivity contribution < 1.29 is 14.6 Å². The number of rotatable bonds is 8. The van der Waals surface area contributed by atoms with E-state index in [-0.39, 0.29) is 5.41 Å². The molecule has 3 N–H and O–H groups in total. The van der Waals surface area contributed by atoms with Crippen LogP contribution in [0.4, 0.5) is 5.69 Å². The Labute approximate surface area is 229 Å². The second-order valence-corrected chi connectivity index (χ2v) is 11.9. The SMILES string of the molecule is O=C(O)C1(Nc2cccc(Cl)c2)CCC2(CC1)c1ccccc1CC2CCCOc1n[nH]c2c1CCCC2. The number of aromatic amines is 1. The number of ether oxygens (including phenoxy) is 1. The highest BCUT2D eigenvalue weighted by molar-refractivity contribution is 6.30. The Hall–Kier alpha value is -2.99. The van der Waals surface area contributed by atoms with Crippen LogP contribution >= 0.6 is 11.6 Å². The fourth-order valence-electron chi connectivity index (χ4n) is 7.35. The van der Waals surface area contributed by atoms with Crippen molar-refractivity contribution in [3.63, 3.8) is 0 Å². The summed E-state index contributed by atoms with van der Waals surface area (Å²) in [7, 11) is 0. The average Bonchev–Trinajstić information content (AvgIpc) is 3.47. The van der Waals surface area contributed by atoms with E-state index in [0.717, 1.165) is 56.5 Å². The van der Waals surface area contributed by atoms with Crippen LogP contribution in [-0.4, -0.2) is 33.4 Å². The van der Waals surface area contributed by atoms with Gasteiger partial charge in [0.25, 0.3) is 0 Å². The molecule has 6 nitrogen and oxygen atoms in total. The molecule has 3 aliphatic carbocycles. The lowest BCUT2D eigenvalue weighted by atomic mass is 9.60. The Morgan fingerprint density at radius 3 is 2.74 bits per heavy atom. The predicted octanol–water partition coefficient (Wildman–Crippen LogP) is 6.72. The molecule has 38 heavy (non-hydrogen) atoms. The molecular weight excluding hydrogens is 498 g/mol. The van der Waals surface area contributed by atoms with Gasteiger partial charge in [-0.3, -0.25) is 5.10 Å². The number of carboxylic acids is 1. The Morgan fingerprint density at radius 2 is 1.92 bits per heavy atom. The summed E-state index contributed by atoms with van der Waals surface area (Å²) in [5.41, 5.74) is 5.14. The van der Waals surface area contributed by atoms with Crippen LogP contribution in [-0.2, 0) is 29.5 Å². The van der Waals surface area contributed by atoms with Crippen molar-refractivity contribution in [3.8, 4) is 5.88 Å². The number of nitrogens with one attached hydrogen (secondary N) is 2. The Balaban J connectivity index is 1.16. The first kappa shape index (κ1) is 25.3. The molecule has 0 radical (unpaired) electrons. The van der Waals surface area contributed by atoms with Gasteiger partial charge in [-0.25, -0.2) is 4.79 Å². The fraction of sp³-hybridized carbons (Fsp3) is 0.484. The molecule has 3 aliphatic rings. The van der Waals surface area contributed by atoms with Crippen LogP contribution in [0.25, 0.3) is 0 Å². The van der Waals surface area contributed by atoms with Gasteiger partial charge in [0.05, 0.1) is 6.61 Å². The van der Waals surface area contributed by atoms with E-state index in [1.807, 2.05) is 12.1 Å². The lowest BCUT2D eigenvalue weighted by molar-refractivity contribution is -0.144. The fourth-order valence-corrected chi connectivity index (χ4v) is 7.54. The third-order valence-electron chi connectivity index (χ3n) is 9.37. The molecule has 1 heterocycles. The topological polar surface area (TPSA) is 87.2 Å². The van der Waals surface area contributed by atoms with Gasteiger partial charge in [0.1, 0.15) is 5.54 Å². The highest BCUT2D eigenvalue weighted by Crippen LogP contribution is 2.55. The number of carboxylic acid groups (broad SMARTS) is 1. The molecule has 1 atom stereocenters. The molecule has 3 aromatic rings. The van der Waals surface area contributed by atoms with Crippen molar-refractivity contribution in [3.05, 3.63) is 75.9 Å². The number of anilines is 1. The molecule has 1 unspecified atom stereocenters. The molecule has 1 aromatic heterocycles. The molecule has 1 spiro atoms. The second-order valence-electron chi connectivity index (χ2n) is 11.4. The van der Waals surface area contributed by atoms with Gasteiger partial charge in [-0.15, -0.1) is 5.10 Å². The highest BCUT2D eigenvalue weighted by atomic mass is 35.5. The zero-order valence-corrected chi connectivity index (χ0v) is 22.5. The number of fused-ring (bicyclic) bond motifs is 3. The minimum Gasteiger partial charge on any atom is -0.480 e. The standard InChI is InChI=1S/C31H36ClN3O3/c32-23-9-5-10-24(20-23)33-31(29(36)37)16-14-30(15-17-31)22(19-21-7-1-3-12-26(21)30)8-6-18-38-28-25-11-2-4-13-27(25)34-35-28/h1,3,5,7,9-10,12,20,22,33H,2,4,6,8,11,13-19H2,(H,34,35)(H,36,37). The summed E-state index contributed by atoms with van der Waals surface area (Å²) in [5.74, 6) is 0.487. The minimum atomic E-state index is -0.986. The Bertz CT molecular complexity index is 1310. The van der Waals surface area contributed by atoms with Gasteiger partial charge in [-0.2, -0.15) is 0 Å². The maximum Gasteiger partial charge on any atom is 0.329 e. The van der Waals surface area contributed by atoms with Crippen LogP contribution < -0.4 is 10.1 Å². The van der Waals surface area contributed by atoms with Gasteiger partial charge in [-0.1, -0.05) is 41.9 Å². The largest absolute Gasteiger partial charge is 0.480 e. The predicted molar refractivity (Wildman–Crippen MR) is 149 cm³/mol. The summed E-state index contributed by atoms with van der Waals surface area (Å²) in [4.78, 5) is 12.6. The summed E-state index contributed by atoms with van der Waals surface area (Å²) < 4.78 is 6.16. The molecule has 0 bridgehead atoms. The first-order valence-corrected chi connectivity index (χ1v) is 14.4. The summed E-state index contributed by atoms with van der Waals surface area (Å²) in [6, 6.07) is 16.2. The molecule has 0 aliphatic heterocycles. The van der Waals surface area contributed by atoms with Crippen LogP contribution in [0.3, 0.4) is 0 Å². The average molecular weight is 534 g/mol. The zero-order valence-electron chi connectivity index (χ0n) is 21.8. The van der Waals surface area contributed by atoms with E-state index in [9.17, 15) is 9.90 Å². The van der Waals surface area contributed by atoms with E-state index in [1.54, 1.807) is 12.1 Å². The number of H-pyrrole nitrogens is 1. The van der Waals surface area contributed by atoms with E-state index >= 15 is 0 Å². The van der Waals surface area contributed by atoms with Crippen molar-refractivity contribution in [2.75, 3.05) is 11.9 Å². The number of aliphatic carboxylic acids is 1. The molecule has 1 saturated carbocycles. The van der Waals surface area contributed by atoms with Gasteiger partial charge in [0.15, 0.2) is 0 Å². The molecule has 0 amide bonds. The third kappa shape index (κ3) is 4.57. The van der Waals surface area contributed by atoms with E-state index in [1.165, 1.54) is 35.2 Å². The molecule has 6 rings (SSSR count). The normalized spacial score (nSPS) is 26.1. The third-order valence-corrected chi connectivity index (χ3v) is 9.60. The Morgan fingerprint density at radius 1 is 1.11 bits per heavy atom. The van der Waals surface area contributed by atoms with Crippen LogP contribution in [0.2, 0.25) is 5.02 Å². The Kier molecular flexibility index (Phi) is 6.85. The minimum absolute atomic E-state index is 0.0110. The van der Waals surface area contributed by atoms with Crippen LogP contribution in [0.15, 0.2) is 48.5 Å². The summed E-state index contributed by atoms with van der Waals surface area (Å²) in [6.07, 6.45) is 10.5. The number of hydrogen-bond donors (Lipinski definition) is 3. The summed E-state index contributed by atoms with van der Waals surface area (Å²) >= 11 is 6.19. The van der Waals surface area contributed by atoms with Crippen molar-refractivity contribution in [2.45, 2.75) is 81.6 Å². The zero-order chi connectivity index (χ0) is 26.2. The molecule has 7 heteroatoms. The monoisotopic (exact) mass is 533 g/mol. The maximum atomic E-state index is 12.6. The van der Waals surface area contributed by atoms with Gasteiger partial charge < -0.3 is 15.2 Å². The van der Waals surface area contributed by atoms with Gasteiger partial charge in [-0.05, 0) is 111 Å². The number of aromatic nitrogens is 2. The van der Waals surface area contributed by atoms with E-state index in [0.29, 0.717) is 30.4 Å². The number of halogens is 1. The molecule has 0 saturated heterocycles. The van der Waals surface area contributed by atoms with Crippen molar-refractivity contribution in [1.29, 1.82) is 0 Å². The van der Waals surface area contributed by atoms with E-state index < -0.39 is 11.5 Å². The maximum absolute atomic E-state index is 12.6. The number of carbonyl (C=O) groups is 1. The first-order chi connectivity index (χ1) is 18.5. The van der Waals surface area contributed by atoms with E-state index in [2.05, 4.69) is 39.8 Å².